The van der Waals surface area contributed by atoms with E-state index in [1.54, 1.807) is 0 Å². The van der Waals surface area contributed by atoms with Crippen LogP contribution in [0.1, 0.15) is 25.0 Å². The van der Waals surface area contributed by atoms with Crippen LogP contribution in [0, 0.1) is 0 Å². The van der Waals surface area contributed by atoms with E-state index in [4.69, 9.17) is 0 Å². The van der Waals surface area contributed by atoms with E-state index in [1.165, 1.54) is 98.4 Å². The normalized spacial score (nSPS) is 14.8. The second-order valence-electron chi connectivity index (χ2n) is 12.5. The Balaban J connectivity index is 1.37. The van der Waals surface area contributed by atoms with Gasteiger partial charge in [0.2, 0.25) is 0 Å². The van der Waals surface area contributed by atoms with Gasteiger partial charge in [-0.2, -0.15) is 0 Å². The largest absolute Gasteiger partial charge is 0.308 e. The van der Waals surface area contributed by atoms with Crippen LogP contribution in [0.4, 0.5) is 0 Å². The van der Waals surface area contributed by atoms with Crippen molar-refractivity contribution in [2.24, 2.45) is 0 Å². The third-order valence-corrected chi connectivity index (χ3v) is 10.3. The van der Waals surface area contributed by atoms with Gasteiger partial charge in [-0.25, -0.2) is 0 Å². The lowest BCUT2D eigenvalue weighted by molar-refractivity contribution is 0.667. The number of hydrogen-bond donors (Lipinski definition) is 0. The van der Waals surface area contributed by atoms with Crippen molar-refractivity contribution in [3.05, 3.63) is 120 Å². The second kappa shape index (κ2) is 6.45. The van der Waals surface area contributed by atoms with Crippen LogP contribution in [0.3, 0.4) is 0 Å². The average Bonchev–Trinajstić information content (AvgIpc) is 3.77. The lowest BCUT2D eigenvalue weighted by Crippen LogP contribution is -2.15. The Morgan fingerprint density at radius 3 is 1.61 bits per heavy atom. The number of nitrogens with zero attached hydrogens (tertiary/aromatic N) is 2. The first-order chi connectivity index (χ1) is 20.1. The van der Waals surface area contributed by atoms with Crippen LogP contribution < -0.4 is 0 Å². The molecule has 0 atom stereocenters. The fourth-order valence-corrected chi connectivity index (χ4v) is 8.84. The van der Waals surface area contributed by atoms with E-state index in [0.717, 1.165) is 0 Å². The van der Waals surface area contributed by atoms with E-state index in [2.05, 4.69) is 132 Å². The predicted octanol–water partition coefficient (Wildman–Crippen LogP) is 10.3. The lowest BCUT2D eigenvalue weighted by Gasteiger charge is -2.22. The van der Waals surface area contributed by atoms with Crippen molar-refractivity contribution < 1.29 is 0 Å². The quantitative estimate of drug-likeness (QED) is 0.188. The molecule has 0 spiro atoms. The fraction of sp³-hybridized carbons (Fsp3) is 0.0769. The first-order valence-corrected chi connectivity index (χ1v) is 14.6. The molecule has 4 heterocycles. The standard InChI is InChI=1S/C39H24N2/c1-39(2)28-18-20-31-34(26-13-7-11-23-21-9-3-5-15-29(21)40(31)37(23)26)33(28)25-17-19-32-35(36(25)39)27-14-8-12-24-22-10-4-6-16-30(22)41(32)38(24)27/h3-20H,1-2H3. The highest BCUT2D eigenvalue weighted by atomic mass is 14.9. The number of rotatable bonds is 0. The number of benzene rings is 6. The molecular weight excluding hydrogens is 496 g/mol. The smallest absolute Gasteiger partial charge is 0.0620 e. The van der Waals surface area contributed by atoms with Gasteiger partial charge in [0.15, 0.2) is 0 Å². The summed E-state index contributed by atoms with van der Waals surface area (Å²) in [6.07, 6.45) is 0. The zero-order valence-electron chi connectivity index (χ0n) is 22.8. The summed E-state index contributed by atoms with van der Waals surface area (Å²) >= 11 is 0. The molecule has 0 unspecified atom stereocenters. The van der Waals surface area contributed by atoms with Gasteiger partial charge in [-0.15, -0.1) is 0 Å². The third kappa shape index (κ3) is 2.08. The lowest BCUT2D eigenvalue weighted by atomic mass is 9.80. The molecule has 0 bridgehead atoms. The van der Waals surface area contributed by atoms with E-state index in [1.807, 2.05) is 0 Å². The van der Waals surface area contributed by atoms with Gasteiger partial charge < -0.3 is 8.80 Å². The molecule has 11 rings (SSSR count). The molecule has 0 radical (unpaired) electrons. The van der Waals surface area contributed by atoms with Crippen LogP contribution in [-0.4, -0.2) is 8.80 Å². The first kappa shape index (κ1) is 20.8. The second-order valence-corrected chi connectivity index (χ2v) is 12.5. The van der Waals surface area contributed by atoms with Crippen LogP contribution >= 0.6 is 0 Å². The van der Waals surface area contributed by atoms with Gasteiger partial charge in [-0.1, -0.05) is 98.8 Å². The Morgan fingerprint density at radius 1 is 0.439 bits per heavy atom. The number of fused-ring (bicyclic) bond motifs is 17. The topological polar surface area (TPSA) is 8.82 Å². The van der Waals surface area contributed by atoms with Crippen LogP contribution in [0.5, 0.6) is 0 Å². The van der Waals surface area contributed by atoms with E-state index >= 15 is 0 Å². The summed E-state index contributed by atoms with van der Waals surface area (Å²) < 4.78 is 5.02. The summed E-state index contributed by atoms with van der Waals surface area (Å²) in [5, 5.41) is 10.9. The monoisotopic (exact) mass is 520 g/mol. The third-order valence-electron chi connectivity index (χ3n) is 10.3. The number of para-hydroxylation sites is 4. The predicted molar refractivity (Wildman–Crippen MR) is 173 cm³/mol. The summed E-state index contributed by atoms with van der Waals surface area (Å²) in [4.78, 5) is 0. The molecule has 10 aromatic rings. The molecule has 0 saturated carbocycles. The maximum atomic E-state index is 2.51. The van der Waals surface area contributed by atoms with Crippen molar-refractivity contribution in [1.29, 1.82) is 0 Å². The molecule has 2 nitrogen and oxygen atoms in total. The van der Waals surface area contributed by atoms with E-state index in [0.29, 0.717) is 0 Å². The van der Waals surface area contributed by atoms with Gasteiger partial charge >= 0.3 is 0 Å². The van der Waals surface area contributed by atoms with Crippen LogP contribution in [0.25, 0.3) is 87.3 Å². The van der Waals surface area contributed by atoms with Crippen LogP contribution in [0.2, 0.25) is 0 Å². The zero-order chi connectivity index (χ0) is 26.8. The van der Waals surface area contributed by atoms with Gasteiger partial charge in [0.1, 0.15) is 0 Å². The maximum Gasteiger partial charge on any atom is 0.0620 e. The fourth-order valence-electron chi connectivity index (χ4n) is 8.84. The summed E-state index contributed by atoms with van der Waals surface area (Å²) in [5.41, 5.74) is 13.5. The average molecular weight is 521 g/mol. The molecule has 0 fully saturated rings. The minimum Gasteiger partial charge on any atom is -0.308 e. The molecule has 0 N–H and O–H groups in total. The zero-order valence-corrected chi connectivity index (χ0v) is 22.8. The van der Waals surface area contributed by atoms with E-state index < -0.39 is 0 Å². The molecule has 4 aromatic heterocycles. The molecule has 0 saturated heterocycles. The van der Waals surface area contributed by atoms with E-state index in [9.17, 15) is 0 Å². The highest BCUT2D eigenvalue weighted by Crippen LogP contribution is 2.57. The summed E-state index contributed by atoms with van der Waals surface area (Å²) in [6.45, 7) is 4.86. The molecule has 6 aromatic carbocycles. The Kier molecular flexibility index (Phi) is 3.27. The molecule has 41 heavy (non-hydrogen) atoms. The Bertz CT molecular complexity index is 2770. The van der Waals surface area contributed by atoms with Gasteiger partial charge in [0, 0.05) is 48.5 Å². The van der Waals surface area contributed by atoms with E-state index in [-0.39, 0.29) is 5.41 Å². The number of hydrogen-bond acceptors (Lipinski definition) is 0. The molecule has 1 aliphatic rings. The van der Waals surface area contributed by atoms with Gasteiger partial charge in [0.25, 0.3) is 0 Å². The van der Waals surface area contributed by atoms with Crippen LogP contribution in [0.15, 0.2) is 109 Å². The SMILES string of the molecule is CC1(C)c2ccc3c(c2-c2ccc4c(c21)c1cccc2c5ccccc5n4c21)c1cccc2c4ccccc4n3c21. The Morgan fingerprint density at radius 2 is 0.951 bits per heavy atom. The summed E-state index contributed by atoms with van der Waals surface area (Å²) in [5.74, 6) is 0. The van der Waals surface area contributed by atoms with Crippen molar-refractivity contribution in [1.82, 2.24) is 8.80 Å². The molecule has 0 aliphatic heterocycles. The van der Waals surface area contributed by atoms with Crippen molar-refractivity contribution >= 4 is 76.2 Å². The molecule has 1 aliphatic carbocycles. The molecule has 2 heteroatoms. The first-order valence-electron chi connectivity index (χ1n) is 14.6. The maximum absolute atomic E-state index is 2.51. The minimum absolute atomic E-state index is 0.125. The highest BCUT2D eigenvalue weighted by molar-refractivity contribution is 6.29. The highest BCUT2D eigenvalue weighted by Gasteiger charge is 2.40. The van der Waals surface area contributed by atoms with Crippen molar-refractivity contribution in [2.45, 2.75) is 19.3 Å². The molecule has 0 amide bonds. The van der Waals surface area contributed by atoms with Crippen molar-refractivity contribution in [3.63, 3.8) is 0 Å². The van der Waals surface area contributed by atoms with Crippen LogP contribution in [-0.2, 0) is 5.41 Å². The Hall–Kier alpha value is -5.08. The minimum atomic E-state index is -0.125. The van der Waals surface area contributed by atoms with Crippen molar-refractivity contribution in [3.8, 4) is 11.1 Å². The van der Waals surface area contributed by atoms with Gasteiger partial charge in [-0.05, 0) is 46.5 Å². The van der Waals surface area contributed by atoms with Gasteiger partial charge in [-0.3, -0.25) is 0 Å². The van der Waals surface area contributed by atoms with Gasteiger partial charge in [0.05, 0.1) is 33.1 Å². The molecular formula is C39H24N2. The molecule has 190 valence electrons. The summed E-state index contributed by atoms with van der Waals surface area (Å²) in [6, 6.07) is 41.0. The Labute approximate surface area is 235 Å². The van der Waals surface area contributed by atoms with Crippen molar-refractivity contribution in [2.75, 3.05) is 0 Å². The summed E-state index contributed by atoms with van der Waals surface area (Å²) in [7, 11) is 0. The number of aromatic nitrogens is 2.